The summed E-state index contributed by atoms with van der Waals surface area (Å²) in [6.07, 6.45) is 3.69. The molecule has 1 aromatic rings. The van der Waals surface area contributed by atoms with Gasteiger partial charge in [-0.15, -0.1) is 0 Å². The van der Waals surface area contributed by atoms with Crippen molar-refractivity contribution in [2.45, 2.75) is 45.2 Å². The van der Waals surface area contributed by atoms with Gasteiger partial charge in [-0.1, -0.05) is 37.6 Å². The molecule has 0 aromatic heterocycles. The number of aryl methyl sites for hydroxylation is 1. The predicted octanol–water partition coefficient (Wildman–Crippen LogP) is 2.99. The second-order valence-electron chi connectivity index (χ2n) is 5.63. The standard InChI is InChI=1S/C16H26N2/c1-4-5-14-6-8-15(9-7-14)13(2)17-16-10-11-18(3)12-16/h6-9,13,16-17H,4-5,10-12H2,1-3H3. The first-order valence-electron chi connectivity index (χ1n) is 7.22. The molecule has 1 fully saturated rings. The summed E-state index contributed by atoms with van der Waals surface area (Å²) < 4.78 is 0. The van der Waals surface area contributed by atoms with E-state index >= 15 is 0 Å². The van der Waals surface area contributed by atoms with Crippen LogP contribution in [0.2, 0.25) is 0 Å². The molecule has 0 spiro atoms. The molecule has 100 valence electrons. The van der Waals surface area contributed by atoms with Gasteiger partial charge >= 0.3 is 0 Å². The average Bonchev–Trinajstić information content (AvgIpc) is 2.76. The second kappa shape index (κ2) is 6.35. The Morgan fingerprint density at radius 3 is 2.61 bits per heavy atom. The van der Waals surface area contributed by atoms with Crippen molar-refractivity contribution < 1.29 is 0 Å². The number of rotatable bonds is 5. The summed E-state index contributed by atoms with van der Waals surface area (Å²) in [5.74, 6) is 0. The zero-order chi connectivity index (χ0) is 13.0. The molecular formula is C16H26N2. The van der Waals surface area contributed by atoms with Crippen LogP contribution in [-0.4, -0.2) is 31.1 Å². The van der Waals surface area contributed by atoms with E-state index in [1.54, 1.807) is 0 Å². The maximum Gasteiger partial charge on any atom is 0.0294 e. The van der Waals surface area contributed by atoms with Crippen LogP contribution in [0.5, 0.6) is 0 Å². The van der Waals surface area contributed by atoms with Gasteiger partial charge in [-0.05, 0) is 44.5 Å². The number of likely N-dealkylation sites (tertiary alicyclic amines) is 1. The van der Waals surface area contributed by atoms with Crippen molar-refractivity contribution in [3.05, 3.63) is 35.4 Å². The van der Waals surface area contributed by atoms with E-state index in [0.717, 1.165) is 0 Å². The lowest BCUT2D eigenvalue weighted by Crippen LogP contribution is -2.33. The third kappa shape index (κ3) is 3.56. The molecule has 0 aliphatic carbocycles. The molecule has 2 unspecified atom stereocenters. The van der Waals surface area contributed by atoms with Crippen molar-refractivity contribution in [1.82, 2.24) is 10.2 Å². The highest BCUT2D eigenvalue weighted by molar-refractivity contribution is 5.25. The van der Waals surface area contributed by atoms with Crippen LogP contribution in [0.4, 0.5) is 0 Å². The van der Waals surface area contributed by atoms with E-state index in [1.165, 1.54) is 43.5 Å². The van der Waals surface area contributed by atoms with Gasteiger partial charge in [0.05, 0.1) is 0 Å². The van der Waals surface area contributed by atoms with E-state index in [-0.39, 0.29) is 0 Å². The van der Waals surface area contributed by atoms with Crippen molar-refractivity contribution in [2.75, 3.05) is 20.1 Å². The molecule has 1 aliphatic heterocycles. The van der Waals surface area contributed by atoms with Crippen LogP contribution in [-0.2, 0) is 6.42 Å². The Hall–Kier alpha value is -0.860. The number of hydrogen-bond donors (Lipinski definition) is 1. The summed E-state index contributed by atoms with van der Waals surface area (Å²) in [5, 5.41) is 3.74. The average molecular weight is 246 g/mol. The van der Waals surface area contributed by atoms with Crippen LogP contribution in [0.15, 0.2) is 24.3 Å². The summed E-state index contributed by atoms with van der Waals surface area (Å²) in [5.41, 5.74) is 2.86. The van der Waals surface area contributed by atoms with Gasteiger partial charge in [-0.2, -0.15) is 0 Å². The quantitative estimate of drug-likeness (QED) is 0.859. The van der Waals surface area contributed by atoms with Crippen molar-refractivity contribution >= 4 is 0 Å². The summed E-state index contributed by atoms with van der Waals surface area (Å²) >= 11 is 0. The van der Waals surface area contributed by atoms with Crippen molar-refractivity contribution in [1.29, 1.82) is 0 Å². The van der Waals surface area contributed by atoms with Crippen molar-refractivity contribution in [2.24, 2.45) is 0 Å². The molecule has 2 nitrogen and oxygen atoms in total. The highest BCUT2D eigenvalue weighted by Crippen LogP contribution is 2.17. The first-order valence-corrected chi connectivity index (χ1v) is 7.22. The Morgan fingerprint density at radius 2 is 2.06 bits per heavy atom. The van der Waals surface area contributed by atoms with E-state index in [9.17, 15) is 0 Å². The molecule has 1 saturated heterocycles. The fourth-order valence-corrected chi connectivity index (χ4v) is 2.78. The maximum atomic E-state index is 3.74. The van der Waals surface area contributed by atoms with Gasteiger partial charge in [0.25, 0.3) is 0 Å². The molecule has 2 rings (SSSR count). The molecule has 0 amide bonds. The lowest BCUT2D eigenvalue weighted by atomic mass is 10.0. The maximum absolute atomic E-state index is 3.74. The molecule has 1 aromatic carbocycles. The van der Waals surface area contributed by atoms with Gasteiger partial charge in [0, 0.05) is 18.6 Å². The third-order valence-electron chi connectivity index (χ3n) is 3.90. The monoisotopic (exact) mass is 246 g/mol. The number of hydrogen-bond acceptors (Lipinski definition) is 2. The summed E-state index contributed by atoms with van der Waals surface area (Å²) in [7, 11) is 2.20. The van der Waals surface area contributed by atoms with Gasteiger partial charge < -0.3 is 10.2 Å². The smallest absolute Gasteiger partial charge is 0.0294 e. The van der Waals surface area contributed by atoms with Crippen LogP contribution < -0.4 is 5.32 Å². The van der Waals surface area contributed by atoms with Gasteiger partial charge in [-0.3, -0.25) is 0 Å². The number of nitrogens with one attached hydrogen (secondary N) is 1. The van der Waals surface area contributed by atoms with Crippen LogP contribution >= 0.6 is 0 Å². The molecule has 2 heteroatoms. The Morgan fingerprint density at radius 1 is 1.33 bits per heavy atom. The topological polar surface area (TPSA) is 15.3 Å². The minimum Gasteiger partial charge on any atom is -0.306 e. The number of likely N-dealkylation sites (N-methyl/N-ethyl adjacent to an activating group) is 1. The first kappa shape index (κ1) is 13.6. The molecule has 0 saturated carbocycles. The Labute approximate surface area is 111 Å². The molecule has 2 atom stereocenters. The molecule has 18 heavy (non-hydrogen) atoms. The zero-order valence-corrected chi connectivity index (χ0v) is 11.9. The number of benzene rings is 1. The summed E-state index contributed by atoms with van der Waals surface area (Å²) in [4.78, 5) is 2.40. The van der Waals surface area contributed by atoms with Gasteiger partial charge in [0.2, 0.25) is 0 Å². The highest BCUT2D eigenvalue weighted by Gasteiger charge is 2.20. The highest BCUT2D eigenvalue weighted by atomic mass is 15.2. The third-order valence-corrected chi connectivity index (χ3v) is 3.90. The number of nitrogens with zero attached hydrogens (tertiary/aromatic N) is 1. The summed E-state index contributed by atoms with van der Waals surface area (Å²) in [6.45, 7) is 6.90. The second-order valence-corrected chi connectivity index (χ2v) is 5.63. The van der Waals surface area contributed by atoms with Gasteiger partial charge in [0.1, 0.15) is 0 Å². The Balaban J connectivity index is 1.90. The predicted molar refractivity (Wildman–Crippen MR) is 77.9 cm³/mol. The van der Waals surface area contributed by atoms with Crippen molar-refractivity contribution in [3.63, 3.8) is 0 Å². The molecule has 1 heterocycles. The van der Waals surface area contributed by atoms with E-state index in [1.807, 2.05) is 0 Å². The van der Waals surface area contributed by atoms with Gasteiger partial charge in [0.15, 0.2) is 0 Å². The fraction of sp³-hybridized carbons (Fsp3) is 0.625. The zero-order valence-electron chi connectivity index (χ0n) is 11.9. The lowest BCUT2D eigenvalue weighted by molar-refractivity contribution is 0.387. The van der Waals surface area contributed by atoms with Crippen LogP contribution in [0.25, 0.3) is 0 Å². The van der Waals surface area contributed by atoms with Crippen LogP contribution in [0.1, 0.15) is 43.9 Å². The van der Waals surface area contributed by atoms with E-state index in [4.69, 9.17) is 0 Å². The minimum absolute atomic E-state index is 0.456. The van der Waals surface area contributed by atoms with Gasteiger partial charge in [-0.25, -0.2) is 0 Å². The normalized spacial score (nSPS) is 22.3. The van der Waals surface area contributed by atoms with Crippen LogP contribution in [0, 0.1) is 0 Å². The minimum atomic E-state index is 0.456. The van der Waals surface area contributed by atoms with E-state index < -0.39 is 0 Å². The SMILES string of the molecule is CCCc1ccc(C(C)NC2CCN(C)C2)cc1. The van der Waals surface area contributed by atoms with E-state index in [0.29, 0.717) is 12.1 Å². The fourth-order valence-electron chi connectivity index (χ4n) is 2.78. The molecule has 1 N–H and O–H groups in total. The van der Waals surface area contributed by atoms with Crippen LogP contribution in [0.3, 0.4) is 0 Å². The first-order chi connectivity index (χ1) is 8.69. The van der Waals surface area contributed by atoms with E-state index in [2.05, 4.69) is 55.4 Å². The largest absolute Gasteiger partial charge is 0.306 e. The lowest BCUT2D eigenvalue weighted by Gasteiger charge is -2.20. The summed E-state index contributed by atoms with van der Waals surface area (Å²) in [6, 6.07) is 10.2. The Bertz CT molecular complexity index is 358. The molecule has 0 radical (unpaired) electrons. The molecule has 0 bridgehead atoms. The van der Waals surface area contributed by atoms with Crippen molar-refractivity contribution in [3.8, 4) is 0 Å². The molecular weight excluding hydrogens is 220 g/mol. The Kier molecular flexibility index (Phi) is 4.79. The molecule has 1 aliphatic rings.